The number of urea groups is 1. The lowest BCUT2D eigenvalue weighted by molar-refractivity contribution is -0.137. The Morgan fingerprint density at radius 2 is 2.18 bits per heavy atom. The number of hydrogen-bond donors (Lipinski definition) is 3. The van der Waals surface area contributed by atoms with E-state index in [1.165, 1.54) is 17.0 Å². The quantitative estimate of drug-likeness (QED) is 0.762. The number of carbonyl (C=O) groups excluding carboxylic acids is 1. The molecule has 0 atom stereocenters. The van der Waals surface area contributed by atoms with Crippen LogP contribution in [0.15, 0.2) is 24.4 Å². The number of rotatable bonds is 6. The van der Waals surface area contributed by atoms with E-state index in [1.807, 2.05) is 0 Å². The first-order valence-corrected chi connectivity index (χ1v) is 6.93. The number of aromatic amines is 1. The molecule has 118 valence electrons. The summed E-state index contributed by atoms with van der Waals surface area (Å²) in [7, 11) is 1.55. The van der Waals surface area contributed by atoms with Crippen LogP contribution in [0.5, 0.6) is 0 Å². The second kappa shape index (κ2) is 6.93. The number of benzene rings is 1. The highest BCUT2D eigenvalue weighted by atomic mass is 19.1. The van der Waals surface area contributed by atoms with Gasteiger partial charge >= 0.3 is 12.0 Å². The minimum Gasteiger partial charge on any atom is -0.481 e. The van der Waals surface area contributed by atoms with Crippen molar-refractivity contribution in [2.45, 2.75) is 12.8 Å². The van der Waals surface area contributed by atoms with Crippen LogP contribution in [0.1, 0.15) is 12.0 Å². The molecule has 0 aliphatic heterocycles. The number of carboxylic acid groups (broad SMARTS) is 1. The largest absolute Gasteiger partial charge is 0.481 e. The average Bonchev–Trinajstić information content (AvgIpc) is 2.86. The molecule has 0 radical (unpaired) electrons. The summed E-state index contributed by atoms with van der Waals surface area (Å²) in [4.78, 5) is 26.5. The third-order valence-electron chi connectivity index (χ3n) is 3.41. The van der Waals surface area contributed by atoms with Crippen LogP contribution in [0.25, 0.3) is 10.9 Å². The first kappa shape index (κ1) is 15.8. The van der Waals surface area contributed by atoms with Crippen LogP contribution in [0, 0.1) is 5.82 Å². The second-order valence-electron chi connectivity index (χ2n) is 5.05. The van der Waals surface area contributed by atoms with Crippen LogP contribution in [0.2, 0.25) is 0 Å². The van der Waals surface area contributed by atoms with Crippen molar-refractivity contribution in [2.24, 2.45) is 0 Å². The Bertz CT molecular complexity index is 684. The number of halogens is 1. The van der Waals surface area contributed by atoms with Crippen LogP contribution < -0.4 is 5.32 Å². The maximum Gasteiger partial charge on any atom is 0.317 e. The summed E-state index contributed by atoms with van der Waals surface area (Å²) >= 11 is 0. The number of carbonyl (C=O) groups is 2. The zero-order valence-corrected chi connectivity index (χ0v) is 12.2. The predicted molar refractivity (Wildman–Crippen MR) is 80.2 cm³/mol. The minimum absolute atomic E-state index is 0.0854. The van der Waals surface area contributed by atoms with Gasteiger partial charge in [-0.05, 0) is 30.2 Å². The van der Waals surface area contributed by atoms with Gasteiger partial charge in [-0.2, -0.15) is 0 Å². The molecule has 0 spiro atoms. The van der Waals surface area contributed by atoms with Gasteiger partial charge in [-0.3, -0.25) is 4.79 Å². The Morgan fingerprint density at radius 3 is 2.91 bits per heavy atom. The first-order valence-electron chi connectivity index (χ1n) is 6.93. The number of nitrogens with zero attached hydrogens (tertiary/aromatic N) is 1. The molecule has 22 heavy (non-hydrogen) atoms. The number of nitrogens with one attached hydrogen (secondary N) is 2. The molecule has 2 amide bonds. The lowest BCUT2D eigenvalue weighted by Gasteiger charge is -2.16. The molecule has 1 aromatic heterocycles. The molecule has 2 rings (SSSR count). The van der Waals surface area contributed by atoms with Crippen LogP contribution in [-0.2, 0) is 11.2 Å². The van der Waals surface area contributed by atoms with Crippen LogP contribution in [0.3, 0.4) is 0 Å². The first-order chi connectivity index (χ1) is 10.5. The molecular weight excluding hydrogens is 289 g/mol. The average molecular weight is 307 g/mol. The molecule has 0 fully saturated rings. The van der Waals surface area contributed by atoms with Crippen molar-refractivity contribution in [1.29, 1.82) is 0 Å². The number of H-pyrrole nitrogens is 1. The highest BCUT2D eigenvalue weighted by molar-refractivity contribution is 5.83. The van der Waals surface area contributed by atoms with Gasteiger partial charge in [0.15, 0.2) is 0 Å². The number of amides is 2. The molecule has 1 heterocycles. The SMILES string of the molecule is CN(CCC(=O)O)C(=O)NCCc1c[nH]c2cc(F)ccc12. The van der Waals surface area contributed by atoms with Crippen molar-refractivity contribution >= 4 is 22.9 Å². The van der Waals surface area contributed by atoms with Gasteiger partial charge in [-0.15, -0.1) is 0 Å². The van der Waals surface area contributed by atoms with E-state index in [1.54, 1.807) is 19.3 Å². The van der Waals surface area contributed by atoms with Gasteiger partial charge in [0.25, 0.3) is 0 Å². The van der Waals surface area contributed by atoms with Gasteiger partial charge < -0.3 is 20.3 Å². The van der Waals surface area contributed by atoms with E-state index in [0.29, 0.717) is 13.0 Å². The third-order valence-corrected chi connectivity index (χ3v) is 3.41. The van der Waals surface area contributed by atoms with Crippen LogP contribution in [-0.4, -0.2) is 47.1 Å². The van der Waals surface area contributed by atoms with Crippen molar-refractivity contribution in [2.75, 3.05) is 20.1 Å². The van der Waals surface area contributed by atoms with Crippen molar-refractivity contribution < 1.29 is 19.1 Å². The van der Waals surface area contributed by atoms with Gasteiger partial charge in [0.2, 0.25) is 0 Å². The maximum atomic E-state index is 13.1. The fraction of sp³-hybridized carbons (Fsp3) is 0.333. The minimum atomic E-state index is -0.939. The van der Waals surface area contributed by atoms with E-state index in [4.69, 9.17) is 5.11 Å². The Hall–Kier alpha value is -2.57. The van der Waals surface area contributed by atoms with Crippen LogP contribution in [0.4, 0.5) is 9.18 Å². The van der Waals surface area contributed by atoms with Gasteiger partial charge in [0.05, 0.1) is 6.42 Å². The highest BCUT2D eigenvalue weighted by Crippen LogP contribution is 2.19. The molecule has 3 N–H and O–H groups in total. The Labute approximate surface area is 126 Å². The molecule has 0 aliphatic carbocycles. The zero-order chi connectivity index (χ0) is 16.1. The van der Waals surface area contributed by atoms with Crippen molar-refractivity contribution in [3.63, 3.8) is 0 Å². The van der Waals surface area contributed by atoms with E-state index in [2.05, 4.69) is 10.3 Å². The van der Waals surface area contributed by atoms with Crippen molar-refractivity contribution in [1.82, 2.24) is 15.2 Å². The predicted octanol–water partition coefficient (Wildman–Crippen LogP) is 1.97. The molecule has 0 saturated heterocycles. The lowest BCUT2D eigenvalue weighted by atomic mass is 10.1. The lowest BCUT2D eigenvalue weighted by Crippen LogP contribution is -2.39. The number of hydrogen-bond acceptors (Lipinski definition) is 2. The topological polar surface area (TPSA) is 85.4 Å². The monoisotopic (exact) mass is 307 g/mol. The highest BCUT2D eigenvalue weighted by Gasteiger charge is 2.10. The third kappa shape index (κ3) is 3.97. The summed E-state index contributed by atoms with van der Waals surface area (Å²) in [6.07, 6.45) is 2.31. The van der Waals surface area contributed by atoms with Crippen molar-refractivity contribution in [3.8, 4) is 0 Å². The molecule has 0 unspecified atom stereocenters. The van der Waals surface area contributed by atoms with Gasteiger partial charge in [-0.1, -0.05) is 0 Å². The van der Waals surface area contributed by atoms with E-state index >= 15 is 0 Å². The number of aromatic nitrogens is 1. The van der Waals surface area contributed by atoms with Crippen LogP contribution >= 0.6 is 0 Å². The molecule has 7 heteroatoms. The normalized spacial score (nSPS) is 10.6. The van der Waals surface area contributed by atoms with Crippen molar-refractivity contribution in [3.05, 3.63) is 35.8 Å². The van der Waals surface area contributed by atoms with E-state index in [-0.39, 0.29) is 24.8 Å². The molecule has 0 aliphatic rings. The number of fused-ring (bicyclic) bond motifs is 1. The van der Waals surface area contributed by atoms with E-state index in [0.717, 1.165) is 16.5 Å². The number of carboxylic acids is 1. The Morgan fingerprint density at radius 1 is 1.41 bits per heavy atom. The van der Waals surface area contributed by atoms with E-state index < -0.39 is 5.97 Å². The second-order valence-corrected chi connectivity index (χ2v) is 5.05. The van der Waals surface area contributed by atoms with Gasteiger partial charge in [0.1, 0.15) is 5.82 Å². The molecule has 0 saturated carbocycles. The van der Waals surface area contributed by atoms with Gasteiger partial charge in [-0.25, -0.2) is 9.18 Å². The zero-order valence-electron chi connectivity index (χ0n) is 12.2. The molecular formula is C15H18FN3O3. The summed E-state index contributed by atoms with van der Waals surface area (Å²) in [6, 6.07) is 4.22. The summed E-state index contributed by atoms with van der Waals surface area (Å²) in [6.45, 7) is 0.577. The molecule has 0 bridgehead atoms. The fourth-order valence-electron chi connectivity index (χ4n) is 2.17. The Balaban J connectivity index is 1.85. The van der Waals surface area contributed by atoms with E-state index in [9.17, 15) is 14.0 Å². The Kier molecular flexibility index (Phi) is 4.98. The fourth-order valence-corrected chi connectivity index (χ4v) is 2.17. The molecule has 6 nitrogen and oxygen atoms in total. The standard InChI is InChI=1S/C15H18FN3O3/c1-19(7-5-14(20)21)15(22)17-6-4-10-9-18-13-8-11(16)2-3-12(10)13/h2-3,8-9,18H,4-7H2,1H3,(H,17,22)(H,20,21). The molecule has 2 aromatic rings. The summed E-state index contributed by atoms with van der Waals surface area (Å²) in [5, 5.41) is 12.2. The maximum absolute atomic E-state index is 13.1. The molecule has 1 aromatic carbocycles. The summed E-state index contributed by atoms with van der Waals surface area (Å²) < 4.78 is 13.1. The smallest absolute Gasteiger partial charge is 0.317 e. The van der Waals surface area contributed by atoms with Gasteiger partial charge in [0, 0.05) is 37.2 Å². The summed E-state index contributed by atoms with van der Waals surface area (Å²) in [5.74, 6) is -1.24. The summed E-state index contributed by atoms with van der Waals surface area (Å²) in [5.41, 5.74) is 1.71. The number of aliphatic carboxylic acids is 1.